The Labute approximate surface area is 193 Å². The second kappa shape index (κ2) is 10.0. The van der Waals surface area contributed by atoms with Crippen molar-refractivity contribution in [2.45, 2.75) is 19.9 Å². The zero-order valence-electron chi connectivity index (χ0n) is 19.0. The number of nitrogens with zero attached hydrogens (tertiary/aromatic N) is 2. The third-order valence-electron chi connectivity index (χ3n) is 5.63. The number of methoxy groups -OCH3 is 2. The van der Waals surface area contributed by atoms with Crippen LogP contribution < -0.4 is 14.9 Å². The van der Waals surface area contributed by atoms with Crippen molar-refractivity contribution in [3.05, 3.63) is 95.2 Å². The fourth-order valence-corrected chi connectivity index (χ4v) is 3.87. The number of benzene rings is 3. The molecule has 1 heterocycles. The molecular formula is C27H27N3O3. The molecule has 0 saturated heterocycles. The molecule has 1 aromatic heterocycles. The predicted molar refractivity (Wildman–Crippen MR) is 131 cm³/mol. The smallest absolute Gasteiger partial charge is 0.244 e. The molecule has 0 saturated carbocycles. The van der Waals surface area contributed by atoms with E-state index in [9.17, 15) is 4.79 Å². The molecule has 0 spiro atoms. The fourth-order valence-electron chi connectivity index (χ4n) is 3.87. The minimum atomic E-state index is -0.206. The Hall–Kier alpha value is -4.06. The van der Waals surface area contributed by atoms with Crippen LogP contribution in [-0.4, -0.2) is 30.9 Å². The van der Waals surface area contributed by atoms with Gasteiger partial charge < -0.3 is 14.0 Å². The number of nitrogens with one attached hydrogen (secondary N) is 1. The average molecular weight is 442 g/mol. The monoisotopic (exact) mass is 441 g/mol. The van der Waals surface area contributed by atoms with Gasteiger partial charge in [0.05, 0.1) is 26.9 Å². The van der Waals surface area contributed by atoms with Crippen LogP contribution in [0.1, 0.15) is 22.3 Å². The Kier molecular flexibility index (Phi) is 6.74. The second-order valence-corrected chi connectivity index (χ2v) is 7.82. The van der Waals surface area contributed by atoms with Gasteiger partial charge in [0.1, 0.15) is 0 Å². The summed E-state index contributed by atoms with van der Waals surface area (Å²) in [7, 11) is 3.15. The van der Waals surface area contributed by atoms with Gasteiger partial charge in [0, 0.05) is 29.2 Å². The summed E-state index contributed by atoms with van der Waals surface area (Å²) in [6, 6.07) is 22.0. The Morgan fingerprint density at radius 3 is 2.55 bits per heavy atom. The van der Waals surface area contributed by atoms with Crippen LogP contribution in [0.15, 0.2) is 78.0 Å². The SMILES string of the molecule is COc1ccc(CC(=O)NN=Cc2cn(Cc3ccccc3C)c3ccccc23)cc1OC. The minimum Gasteiger partial charge on any atom is -0.493 e. The van der Waals surface area contributed by atoms with Crippen molar-refractivity contribution >= 4 is 23.0 Å². The maximum Gasteiger partial charge on any atom is 0.244 e. The minimum absolute atomic E-state index is 0.187. The molecule has 6 nitrogen and oxygen atoms in total. The number of para-hydroxylation sites is 1. The molecule has 3 aromatic carbocycles. The molecule has 6 heteroatoms. The third-order valence-corrected chi connectivity index (χ3v) is 5.63. The van der Waals surface area contributed by atoms with Gasteiger partial charge in [-0.25, -0.2) is 5.43 Å². The molecule has 168 valence electrons. The van der Waals surface area contributed by atoms with E-state index in [0.29, 0.717) is 11.5 Å². The van der Waals surface area contributed by atoms with E-state index in [2.05, 4.69) is 64.6 Å². The number of carbonyl (C=O) groups is 1. The highest BCUT2D eigenvalue weighted by atomic mass is 16.5. The van der Waals surface area contributed by atoms with Crippen LogP contribution in [0.25, 0.3) is 10.9 Å². The number of fused-ring (bicyclic) bond motifs is 1. The molecule has 1 N–H and O–H groups in total. The lowest BCUT2D eigenvalue weighted by molar-refractivity contribution is -0.120. The van der Waals surface area contributed by atoms with Gasteiger partial charge >= 0.3 is 0 Å². The molecule has 0 unspecified atom stereocenters. The van der Waals surface area contributed by atoms with E-state index >= 15 is 0 Å². The van der Waals surface area contributed by atoms with Crippen molar-refractivity contribution in [1.29, 1.82) is 0 Å². The fraction of sp³-hybridized carbons (Fsp3) is 0.185. The summed E-state index contributed by atoms with van der Waals surface area (Å²) < 4.78 is 12.8. The van der Waals surface area contributed by atoms with E-state index in [1.165, 1.54) is 11.1 Å². The van der Waals surface area contributed by atoms with Gasteiger partial charge in [-0.05, 0) is 41.8 Å². The lowest BCUT2D eigenvalue weighted by Crippen LogP contribution is -2.19. The number of hydrogen-bond acceptors (Lipinski definition) is 4. The normalized spacial score (nSPS) is 11.1. The van der Waals surface area contributed by atoms with E-state index in [-0.39, 0.29) is 12.3 Å². The molecule has 0 bridgehead atoms. The quantitative estimate of drug-likeness (QED) is 0.318. The first-order valence-electron chi connectivity index (χ1n) is 10.7. The average Bonchev–Trinajstić information content (AvgIpc) is 3.18. The van der Waals surface area contributed by atoms with E-state index in [0.717, 1.165) is 28.6 Å². The number of ether oxygens (including phenoxy) is 2. The van der Waals surface area contributed by atoms with E-state index in [1.807, 2.05) is 18.2 Å². The highest BCUT2D eigenvalue weighted by Crippen LogP contribution is 2.27. The molecule has 4 aromatic rings. The van der Waals surface area contributed by atoms with Crippen molar-refractivity contribution < 1.29 is 14.3 Å². The Bertz CT molecular complexity index is 1310. The lowest BCUT2D eigenvalue weighted by atomic mass is 10.1. The number of hydrogen-bond donors (Lipinski definition) is 1. The molecule has 0 atom stereocenters. The van der Waals surface area contributed by atoms with Crippen LogP contribution in [0.3, 0.4) is 0 Å². The number of aryl methyl sites for hydroxylation is 1. The molecule has 0 radical (unpaired) electrons. The third kappa shape index (κ3) is 5.06. The predicted octanol–water partition coefficient (Wildman–Crippen LogP) is 4.71. The van der Waals surface area contributed by atoms with Crippen LogP contribution in [0.2, 0.25) is 0 Å². The van der Waals surface area contributed by atoms with Crippen LogP contribution in [0.4, 0.5) is 0 Å². The van der Waals surface area contributed by atoms with Crippen LogP contribution in [0.5, 0.6) is 11.5 Å². The van der Waals surface area contributed by atoms with Crippen LogP contribution in [0, 0.1) is 6.92 Å². The second-order valence-electron chi connectivity index (χ2n) is 7.82. The topological polar surface area (TPSA) is 64.8 Å². The number of amides is 1. The Morgan fingerprint density at radius 2 is 1.76 bits per heavy atom. The first-order chi connectivity index (χ1) is 16.1. The molecule has 1 amide bonds. The van der Waals surface area contributed by atoms with E-state index < -0.39 is 0 Å². The standard InChI is InChI=1S/C27H27N3O3/c1-19-8-4-5-9-21(19)17-30-18-22(23-10-6-7-11-24(23)30)16-28-29-27(31)15-20-12-13-25(32-2)26(14-20)33-3/h4-14,16,18H,15,17H2,1-3H3,(H,29,31). The summed E-state index contributed by atoms with van der Waals surface area (Å²) >= 11 is 0. The zero-order chi connectivity index (χ0) is 23.2. The number of hydrazone groups is 1. The molecule has 0 aliphatic rings. The number of rotatable bonds is 8. The van der Waals surface area contributed by atoms with Crippen molar-refractivity contribution in [2.24, 2.45) is 5.10 Å². The van der Waals surface area contributed by atoms with Crippen molar-refractivity contribution in [2.75, 3.05) is 14.2 Å². The summed E-state index contributed by atoms with van der Waals surface area (Å²) in [6.45, 7) is 2.89. The largest absolute Gasteiger partial charge is 0.493 e. The highest BCUT2D eigenvalue weighted by Gasteiger charge is 2.10. The van der Waals surface area contributed by atoms with Crippen LogP contribution >= 0.6 is 0 Å². The number of aromatic nitrogens is 1. The van der Waals surface area contributed by atoms with E-state index in [1.54, 1.807) is 32.6 Å². The van der Waals surface area contributed by atoms with Crippen molar-refractivity contribution in [3.8, 4) is 11.5 Å². The summed E-state index contributed by atoms with van der Waals surface area (Å²) in [6.07, 6.45) is 3.96. The first kappa shape index (κ1) is 22.1. The molecule has 33 heavy (non-hydrogen) atoms. The molecule has 0 aliphatic carbocycles. The molecule has 0 fully saturated rings. The maximum atomic E-state index is 12.4. The van der Waals surface area contributed by atoms with Crippen molar-refractivity contribution in [3.63, 3.8) is 0 Å². The Balaban J connectivity index is 1.48. The highest BCUT2D eigenvalue weighted by molar-refractivity contribution is 5.99. The number of carbonyl (C=O) groups excluding carboxylic acids is 1. The van der Waals surface area contributed by atoms with Gasteiger partial charge in [-0.2, -0.15) is 5.10 Å². The van der Waals surface area contributed by atoms with E-state index in [4.69, 9.17) is 9.47 Å². The van der Waals surface area contributed by atoms with Gasteiger partial charge in [0.2, 0.25) is 5.91 Å². The molecular weight excluding hydrogens is 414 g/mol. The van der Waals surface area contributed by atoms with Gasteiger partial charge in [-0.1, -0.05) is 48.5 Å². The molecule has 4 rings (SSSR count). The molecule has 0 aliphatic heterocycles. The van der Waals surface area contributed by atoms with Gasteiger partial charge in [0.15, 0.2) is 11.5 Å². The Morgan fingerprint density at radius 1 is 1.00 bits per heavy atom. The lowest BCUT2D eigenvalue weighted by Gasteiger charge is -2.09. The summed E-state index contributed by atoms with van der Waals surface area (Å²) in [4.78, 5) is 12.4. The first-order valence-corrected chi connectivity index (χ1v) is 10.7. The van der Waals surface area contributed by atoms with Crippen molar-refractivity contribution in [1.82, 2.24) is 9.99 Å². The zero-order valence-corrected chi connectivity index (χ0v) is 19.0. The van der Waals surface area contributed by atoms with Gasteiger partial charge in [-0.3, -0.25) is 4.79 Å². The maximum absolute atomic E-state index is 12.4. The van der Waals surface area contributed by atoms with Gasteiger partial charge in [-0.15, -0.1) is 0 Å². The van der Waals surface area contributed by atoms with Crippen LogP contribution in [-0.2, 0) is 17.8 Å². The summed E-state index contributed by atoms with van der Waals surface area (Å²) in [5.74, 6) is 1.01. The summed E-state index contributed by atoms with van der Waals surface area (Å²) in [5, 5.41) is 5.30. The summed E-state index contributed by atoms with van der Waals surface area (Å²) in [5.41, 5.74) is 8.04. The van der Waals surface area contributed by atoms with Gasteiger partial charge in [0.25, 0.3) is 0 Å².